The number of hydroxylamine groups is 3. The van der Waals surface area contributed by atoms with Gasteiger partial charge in [0.2, 0.25) is 5.91 Å². The summed E-state index contributed by atoms with van der Waals surface area (Å²) >= 11 is 0. The van der Waals surface area contributed by atoms with Crippen molar-refractivity contribution < 1.29 is 19.6 Å². The minimum absolute atomic E-state index is 0.0929. The fraction of sp³-hybridized carbons (Fsp3) is 0.200. The van der Waals surface area contributed by atoms with Crippen molar-refractivity contribution >= 4 is 17.5 Å². The van der Waals surface area contributed by atoms with Crippen LogP contribution >= 0.6 is 0 Å². The van der Waals surface area contributed by atoms with Crippen LogP contribution in [0.4, 0.5) is 5.69 Å². The number of nitrogens with zero attached hydrogens (tertiary/aromatic N) is 1. The summed E-state index contributed by atoms with van der Waals surface area (Å²) in [5.41, 5.74) is 5.23. The topological polar surface area (TPSA) is 90.9 Å². The van der Waals surface area contributed by atoms with Crippen LogP contribution < -0.4 is 15.6 Å². The minimum Gasteiger partial charge on any atom is -0.406 e. The van der Waals surface area contributed by atoms with E-state index in [2.05, 4.69) is 29.6 Å². The summed E-state index contributed by atoms with van der Waals surface area (Å²) < 4.78 is 0. The van der Waals surface area contributed by atoms with E-state index in [0.29, 0.717) is 30.1 Å². The molecule has 3 aromatic rings. The largest absolute Gasteiger partial charge is 0.406 e. The van der Waals surface area contributed by atoms with E-state index in [9.17, 15) is 9.59 Å². The first-order valence-corrected chi connectivity index (χ1v) is 10.4. The van der Waals surface area contributed by atoms with E-state index < -0.39 is 5.91 Å². The molecule has 3 aromatic carbocycles. The third-order valence-corrected chi connectivity index (χ3v) is 4.87. The number of benzene rings is 3. The molecule has 0 radical (unpaired) electrons. The Labute approximate surface area is 187 Å². The Morgan fingerprint density at radius 1 is 0.906 bits per heavy atom. The van der Waals surface area contributed by atoms with E-state index in [4.69, 9.17) is 10.0 Å². The first-order valence-electron chi connectivity index (χ1n) is 10.4. The van der Waals surface area contributed by atoms with Gasteiger partial charge < -0.3 is 10.2 Å². The zero-order chi connectivity index (χ0) is 22.8. The standard InChI is InChI=1S/C25H27N3O4/c1-19-7-9-20(10-8-19)15-17-28(18-16-24(29)27-31)32-23-13-11-22(12-14-23)26-25(30)21-5-3-2-4-6-21/h2-14,31H,15-18H2,1H3,(H,26,30)(H,27,29). The summed E-state index contributed by atoms with van der Waals surface area (Å²) in [4.78, 5) is 29.7. The Balaban J connectivity index is 1.60. The monoisotopic (exact) mass is 433 g/mol. The number of hydrogen-bond acceptors (Lipinski definition) is 5. The van der Waals surface area contributed by atoms with Crippen LogP contribution in [-0.2, 0) is 11.2 Å². The number of nitrogens with one attached hydrogen (secondary N) is 2. The molecule has 0 atom stereocenters. The van der Waals surface area contributed by atoms with E-state index in [-0.39, 0.29) is 12.3 Å². The van der Waals surface area contributed by atoms with Gasteiger partial charge >= 0.3 is 0 Å². The maximum atomic E-state index is 12.3. The van der Waals surface area contributed by atoms with Crippen LogP contribution in [0.2, 0.25) is 0 Å². The second-order valence-electron chi connectivity index (χ2n) is 7.39. The maximum absolute atomic E-state index is 12.3. The van der Waals surface area contributed by atoms with Crippen LogP contribution in [-0.4, -0.2) is 35.2 Å². The molecule has 3 N–H and O–H groups in total. The molecule has 3 rings (SSSR count). The summed E-state index contributed by atoms with van der Waals surface area (Å²) in [6, 6.07) is 24.3. The second kappa shape index (κ2) is 11.6. The quantitative estimate of drug-likeness (QED) is 0.332. The average molecular weight is 434 g/mol. The highest BCUT2D eigenvalue weighted by Gasteiger charge is 2.11. The van der Waals surface area contributed by atoms with Crippen LogP contribution in [0, 0.1) is 6.92 Å². The van der Waals surface area contributed by atoms with Crippen LogP contribution in [0.15, 0.2) is 78.9 Å². The third kappa shape index (κ3) is 7.23. The van der Waals surface area contributed by atoms with E-state index in [0.717, 1.165) is 12.0 Å². The Hall–Kier alpha value is -3.68. The smallest absolute Gasteiger partial charge is 0.255 e. The summed E-state index contributed by atoms with van der Waals surface area (Å²) in [5.74, 6) is -0.0852. The summed E-state index contributed by atoms with van der Waals surface area (Å²) in [7, 11) is 0. The van der Waals surface area contributed by atoms with Gasteiger partial charge in [0.25, 0.3) is 5.91 Å². The highest BCUT2D eigenvalue weighted by molar-refractivity contribution is 6.04. The molecule has 2 amide bonds. The third-order valence-electron chi connectivity index (χ3n) is 4.87. The fourth-order valence-corrected chi connectivity index (χ4v) is 3.03. The normalized spacial score (nSPS) is 10.6. The van der Waals surface area contributed by atoms with Crippen LogP contribution in [0.5, 0.6) is 5.75 Å². The number of rotatable bonds is 10. The van der Waals surface area contributed by atoms with Crippen molar-refractivity contribution in [3.63, 3.8) is 0 Å². The molecule has 0 unspecified atom stereocenters. The van der Waals surface area contributed by atoms with E-state index in [1.807, 2.05) is 25.1 Å². The molecular formula is C25H27N3O4. The molecule has 0 aliphatic rings. The average Bonchev–Trinajstić information content (AvgIpc) is 2.83. The van der Waals surface area contributed by atoms with Gasteiger partial charge in [0, 0.05) is 30.8 Å². The van der Waals surface area contributed by atoms with Crippen LogP contribution in [0.1, 0.15) is 27.9 Å². The van der Waals surface area contributed by atoms with Gasteiger partial charge in [0.05, 0.1) is 0 Å². The van der Waals surface area contributed by atoms with Crippen molar-refractivity contribution in [3.8, 4) is 5.75 Å². The predicted octanol–water partition coefficient (Wildman–Crippen LogP) is 3.98. The Morgan fingerprint density at radius 3 is 2.25 bits per heavy atom. The Kier molecular flexibility index (Phi) is 8.36. The molecule has 0 spiro atoms. The highest BCUT2D eigenvalue weighted by atomic mass is 16.7. The molecule has 0 aliphatic carbocycles. The molecular weight excluding hydrogens is 406 g/mol. The number of hydrogen-bond donors (Lipinski definition) is 3. The molecule has 0 saturated carbocycles. The highest BCUT2D eigenvalue weighted by Crippen LogP contribution is 2.18. The molecule has 7 nitrogen and oxygen atoms in total. The van der Waals surface area contributed by atoms with Gasteiger partial charge in [0.15, 0.2) is 0 Å². The molecule has 32 heavy (non-hydrogen) atoms. The molecule has 0 heterocycles. The van der Waals surface area contributed by atoms with Crippen molar-refractivity contribution in [1.29, 1.82) is 0 Å². The van der Waals surface area contributed by atoms with Gasteiger partial charge in [-0.1, -0.05) is 48.0 Å². The van der Waals surface area contributed by atoms with Crippen molar-refractivity contribution in [1.82, 2.24) is 10.5 Å². The number of aryl methyl sites for hydroxylation is 1. The SMILES string of the molecule is Cc1ccc(CCN(CCC(=O)NO)Oc2ccc(NC(=O)c3ccccc3)cc2)cc1. The minimum atomic E-state index is -0.479. The van der Waals surface area contributed by atoms with Crippen molar-refractivity contribution in [2.45, 2.75) is 19.8 Å². The second-order valence-corrected chi connectivity index (χ2v) is 7.39. The van der Waals surface area contributed by atoms with Gasteiger partial charge in [-0.15, -0.1) is 5.06 Å². The molecule has 0 bridgehead atoms. The Morgan fingerprint density at radius 2 is 1.59 bits per heavy atom. The number of carbonyl (C=O) groups is 2. The number of anilines is 1. The summed E-state index contributed by atoms with van der Waals surface area (Å²) in [6.07, 6.45) is 0.835. The van der Waals surface area contributed by atoms with Gasteiger partial charge in [0.1, 0.15) is 5.75 Å². The lowest BCUT2D eigenvalue weighted by atomic mass is 10.1. The van der Waals surface area contributed by atoms with Crippen molar-refractivity contribution in [2.24, 2.45) is 0 Å². The van der Waals surface area contributed by atoms with Crippen LogP contribution in [0.25, 0.3) is 0 Å². The molecule has 0 aliphatic heterocycles. The van der Waals surface area contributed by atoms with Gasteiger partial charge in [-0.2, -0.15) is 0 Å². The molecule has 0 fully saturated rings. The van der Waals surface area contributed by atoms with E-state index >= 15 is 0 Å². The lowest BCUT2D eigenvalue weighted by Gasteiger charge is -2.22. The number of carbonyl (C=O) groups excluding carboxylic acids is 2. The summed E-state index contributed by atoms with van der Waals surface area (Å²) in [6.45, 7) is 2.91. The lowest BCUT2D eigenvalue weighted by molar-refractivity contribution is -0.132. The van der Waals surface area contributed by atoms with Gasteiger partial charge in [-0.3, -0.25) is 14.8 Å². The molecule has 0 saturated heterocycles. The van der Waals surface area contributed by atoms with Gasteiger partial charge in [-0.25, -0.2) is 5.48 Å². The first kappa shape index (κ1) is 23.0. The predicted molar refractivity (Wildman–Crippen MR) is 122 cm³/mol. The molecule has 0 aromatic heterocycles. The van der Waals surface area contributed by atoms with Crippen molar-refractivity contribution in [3.05, 3.63) is 95.6 Å². The Bertz CT molecular complexity index is 1010. The van der Waals surface area contributed by atoms with Gasteiger partial charge in [-0.05, 0) is 55.3 Å². The zero-order valence-corrected chi connectivity index (χ0v) is 18.0. The molecule has 7 heteroatoms. The first-order chi connectivity index (χ1) is 15.5. The van der Waals surface area contributed by atoms with E-state index in [1.54, 1.807) is 46.9 Å². The number of amides is 2. The summed E-state index contributed by atoms with van der Waals surface area (Å²) in [5, 5.41) is 13.3. The van der Waals surface area contributed by atoms with Crippen LogP contribution in [0.3, 0.4) is 0 Å². The fourth-order valence-electron chi connectivity index (χ4n) is 3.03. The molecule has 166 valence electrons. The zero-order valence-electron chi connectivity index (χ0n) is 18.0. The van der Waals surface area contributed by atoms with E-state index in [1.165, 1.54) is 5.56 Å². The van der Waals surface area contributed by atoms with Crippen molar-refractivity contribution in [2.75, 3.05) is 18.4 Å². The lowest BCUT2D eigenvalue weighted by Crippen LogP contribution is -2.34. The maximum Gasteiger partial charge on any atom is 0.255 e.